The zero-order valence-corrected chi connectivity index (χ0v) is 23.2. The van der Waals surface area contributed by atoms with Crippen molar-refractivity contribution in [2.45, 2.75) is 78.0 Å². The van der Waals surface area contributed by atoms with Crippen molar-refractivity contribution in [3.8, 4) is 0 Å². The second kappa shape index (κ2) is 11.1. The quantitative estimate of drug-likeness (QED) is 0.497. The topological polar surface area (TPSA) is 117 Å². The fraction of sp³-hybridized carbons (Fsp3) is 0.481. The van der Waals surface area contributed by atoms with Crippen molar-refractivity contribution in [2.24, 2.45) is 0 Å². The summed E-state index contributed by atoms with van der Waals surface area (Å²) in [5.41, 5.74) is 1.30. The largest absolute Gasteiger partial charge is 0.444 e. The van der Waals surface area contributed by atoms with Crippen molar-refractivity contribution in [2.75, 3.05) is 16.2 Å². The van der Waals surface area contributed by atoms with Gasteiger partial charge in [0.2, 0.25) is 5.91 Å². The Labute approximate surface area is 220 Å². The van der Waals surface area contributed by atoms with E-state index >= 15 is 0 Å². The molecule has 0 spiro atoms. The van der Waals surface area contributed by atoms with Crippen LogP contribution in [0.5, 0.6) is 0 Å². The molecule has 0 aliphatic carbocycles. The summed E-state index contributed by atoms with van der Waals surface area (Å²) in [4.78, 5) is 26.0. The van der Waals surface area contributed by atoms with Crippen molar-refractivity contribution in [3.63, 3.8) is 0 Å². The van der Waals surface area contributed by atoms with Crippen LogP contribution in [0.4, 0.5) is 16.2 Å². The number of anilines is 2. The Hall–Kier alpha value is -3.11. The molecular formula is C27H38N4O5S. The second-order valence-electron chi connectivity index (χ2n) is 11.2. The maximum Gasteiger partial charge on any atom is 0.408 e. The number of carbonyl (C=O) groups excluding carboxylic acids is 2. The first-order chi connectivity index (χ1) is 17.1. The van der Waals surface area contributed by atoms with E-state index in [0.717, 1.165) is 11.1 Å². The van der Waals surface area contributed by atoms with Crippen LogP contribution in [0.1, 0.15) is 59.1 Å². The summed E-state index contributed by atoms with van der Waals surface area (Å²) < 4.78 is 35.7. The lowest BCUT2D eigenvalue weighted by Crippen LogP contribution is -2.50. The second-order valence-corrected chi connectivity index (χ2v) is 12.8. The van der Waals surface area contributed by atoms with Gasteiger partial charge in [-0.25, -0.2) is 4.79 Å². The van der Waals surface area contributed by atoms with Crippen LogP contribution in [0.15, 0.2) is 48.5 Å². The molecule has 2 aromatic rings. The highest BCUT2D eigenvalue weighted by Crippen LogP contribution is 2.34. The molecule has 1 unspecified atom stereocenters. The van der Waals surface area contributed by atoms with Crippen LogP contribution in [-0.4, -0.2) is 44.1 Å². The number of amides is 2. The highest BCUT2D eigenvalue weighted by molar-refractivity contribution is 7.90. The lowest BCUT2D eigenvalue weighted by Gasteiger charge is -2.34. The van der Waals surface area contributed by atoms with Crippen molar-refractivity contribution in [1.82, 2.24) is 10.0 Å². The van der Waals surface area contributed by atoms with Gasteiger partial charge in [0.05, 0.1) is 5.69 Å². The molecule has 0 saturated carbocycles. The molecular weight excluding hydrogens is 492 g/mol. The van der Waals surface area contributed by atoms with Gasteiger partial charge in [0.1, 0.15) is 11.6 Å². The zero-order valence-electron chi connectivity index (χ0n) is 22.4. The van der Waals surface area contributed by atoms with Crippen LogP contribution < -0.4 is 19.7 Å². The van der Waals surface area contributed by atoms with Crippen molar-refractivity contribution < 1.29 is 22.7 Å². The third-order valence-corrected chi connectivity index (χ3v) is 7.31. The normalized spacial score (nSPS) is 14.9. The number of nitrogens with one attached hydrogen (secondary N) is 3. The molecule has 0 radical (unpaired) electrons. The van der Waals surface area contributed by atoms with E-state index in [1.54, 1.807) is 59.7 Å². The van der Waals surface area contributed by atoms with E-state index in [9.17, 15) is 18.0 Å². The molecule has 0 saturated heterocycles. The fourth-order valence-corrected chi connectivity index (χ4v) is 5.81. The highest BCUT2D eigenvalue weighted by Gasteiger charge is 2.32. The third-order valence-electron chi connectivity index (χ3n) is 5.48. The summed E-state index contributed by atoms with van der Waals surface area (Å²) in [6.07, 6.45) is 0.783. The predicted octanol–water partition coefficient (Wildman–Crippen LogP) is 4.15. The summed E-state index contributed by atoms with van der Waals surface area (Å²) in [6.45, 7) is 11.0. The van der Waals surface area contributed by atoms with E-state index in [4.69, 9.17) is 4.74 Å². The van der Waals surface area contributed by atoms with Gasteiger partial charge < -0.3 is 15.4 Å². The summed E-state index contributed by atoms with van der Waals surface area (Å²) in [5.74, 6) is -0.420. The minimum atomic E-state index is -3.79. The van der Waals surface area contributed by atoms with Gasteiger partial charge in [-0.15, -0.1) is 0 Å². The fourth-order valence-electron chi connectivity index (χ4n) is 4.13. The molecule has 3 N–H and O–H groups in total. The van der Waals surface area contributed by atoms with E-state index in [0.29, 0.717) is 30.8 Å². The van der Waals surface area contributed by atoms with Gasteiger partial charge in [-0.05, 0) is 72.1 Å². The molecule has 10 heteroatoms. The Morgan fingerprint density at radius 3 is 2.30 bits per heavy atom. The number of ether oxygens (including phenoxy) is 1. The first-order valence-electron chi connectivity index (χ1n) is 12.4. The van der Waals surface area contributed by atoms with E-state index in [1.807, 2.05) is 30.3 Å². The third kappa shape index (κ3) is 8.19. The number of alkyl carbamates (subject to hydrolysis) is 1. The molecule has 3 rings (SSSR count). The van der Waals surface area contributed by atoms with Gasteiger partial charge >= 0.3 is 16.3 Å². The van der Waals surface area contributed by atoms with Gasteiger partial charge in [0, 0.05) is 29.8 Å². The van der Waals surface area contributed by atoms with E-state index in [-0.39, 0.29) is 6.42 Å². The van der Waals surface area contributed by atoms with Crippen LogP contribution in [0.25, 0.3) is 0 Å². The number of rotatable bonds is 7. The Bertz CT molecular complexity index is 1220. The van der Waals surface area contributed by atoms with Crippen LogP contribution in [-0.2, 0) is 32.6 Å². The Balaban J connectivity index is 1.87. The van der Waals surface area contributed by atoms with Crippen molar-refractivity contribution in [3.05, 3.63) is 59.7 Å². The van der Waals surface area contributed by atoms with Crippen LogP contribution >= 0.6 is 0 Å². The monoisotopic (exact) mass is 530 g/mol. The summed E-state index contributed by atoms with van der Waals surface area (Å²) in [6, 6.07) is 13.7. The summed E-state index contributed by atoms with van der Waals surface area (Å²) in [5, 5.41) is 5.62. The lowest BCUT2D eigenvalue weighted by atomic mass is 10.0. The predicted molar refractivity (Wildman–Crippen MR) is 146 cm³/mol. The minimum absolute atomic E-state index is 0.261. The van der Waals surface area contributed by atoms with Crippen LogP contribution in [0, 0.1) is 0 Å². The molecule has 1 aliphatic rings. The Morgan fingerprint density at radius 1 is 1.00 bits per heavy atom. The molecule has 0 bridgehead atoms. The smallest absolute Gasteiger partial charge is 0.408 e. The molecule has 1 heterocycles. The maximum atomic E-state index is 13.4. The van der Waals surface area contributed by atoms with E-state index in [1.165, 1.54) is 4.31 Å². The van der Waals surface area contributed by atoms with Gasteiger partial charge in [-0.2, -0.15) is 13.1 Å². The van der Waals surface area contributed by atoms with E-state index in [2.05, 4.69) is 15.4 Å². The summed E-state index contributed by atoms with van der Waals surface area (Å²) in [7, 11) is -3.79. The number of hydrogen-bond acceptors (Lipinski definition) is 5. The standard InChI is InChI=1S/C27H38N4O5S/c1-26(2,3)30-37(34,35)31-17-11-14-20-21(15-10-16-23(20)31)28-24(32)22(18-19-12-8-7-9-13-19)29-25(33)36-27(4,5)6/h7-10,12-13,15-16,22,30H,11,14,17-18H2,1-6H3,(H,28,32)(H,29,33). The SMILES string of the molecule is CC(C)(C)NS(=O)(=O)N1CCCc2c(NC(=O)C(Cc3ccccc3)NC(=O)OC(C)(C)C)cccc21. The minimum Gasteiger partial charge on any atom is -0.444 e. The van der Waals surface area contributed by atoms with Gasteiger partial charge in [-0.3, -0.25) is 9.10 Å². The number of hydrogen-bond donors (Lipinski definition) is 3. The molecule has 2 aromatic carbocycles. The van der Waals surface area contributed by atoms with Gasteiger partial charge in [-0.1, -0.05) is 36.4 Å². The van der Waals surface area contributed by atoms with Crippen molar-refractivity contribution >= 4 is 33.6 Å². The number of nitrogens with zero attached hydrogens (tertiary/aromatic N) is 1. The van der Waals surface area contributed by atoms with Gasteiger partial charge in [0.25, 0.3) is 0 Å². The average molecular weight is 531 g/mol. The van der Waals surface area contributed by atoms with Crippen molar-refractivity contribution in [1.29, 1.82) is 0 Å². The first kappa shape index (κ1) is 28.5. The van der Waals surface area contributed by atoms with E-state index < -0.39 is 39.4 Å². The summed E-state index contributed by atoms with van der Waals surface area (Å²) >= 11 is 0. The molecule has 1 atom stereocenters. The molecule has 2 amide bonds. The Kier molecular flexibility index (Phi) is 8.54. The number of benzene rings is 2. The number of carbonyl (C=O) groups is 2. The molecule has 0 fully saturated rings. The highest BCUT2D eigenvalue weighted by atomic mass is 32.2. The molecule has 202 valence electrons. The average Bonchev–Trinajstić information content (AvgIpc) is 2.76. The first-order valence-corrected chi connectivity index (χ1v) is 13.9. The maximum absolute atomic E-state index is 13.4. The molecule has 1 aliphatic heterocycles. The molecule has 9 nitrogen and oxygen atoms in total. The lowest BCUT2D eigenvalue weighted by molar-refractivity contribution is -0.118. The molecule has 37 heavy (non-hydrogen) atoms. The van der Waals surface area contributed by atoms with Crippen LogP contribution in [0.2, 0.25) is 0 Å². The van der Waals surface area contributed by atoms with Crippen LogP contribution in [0.3, 0.4) is 0 Å². The van der Waals surface area contributed by atoms with Gasteiger partial charge in [0.15, 0.2) is 0 Å². The Morgan fingerprint density at radius 2 is 1.68 bits per heavy atom. The molecule has 0 aromatic heterocycles. The number of fused-ring (bicyclic) bond motifs is 1. The zero-order chi connectivity index (χ0) is 27.4.